The third-order valence-corrected chi connectivity index (χ3v) is 3.23. The van der Waals surface area contributed by atoms with Crippen LogP contribution in [-0.4, -0.2) is 33.2 Å². The van der Waals surface area contributed by atoms with Crippen LogP contribution >= 0.6 is 0 Å². The van der Waals surface area contributed by atoms with E-state index in [1.54, 1.807) is 31.5 Å². The molecule has 0 atom stereocenters. The van der Waals surface area contributed by atoms with Crippen molar-refractivity contribution in [1.29, 1.82) is 0 Å². The van der Waals surface area contributed by atoms with Crippen molar-refractivity contribution in [2.24, 2.45) is 0 Å². The van der Waals surface area contributed by atoms with Gasteiger partial charge in [0.05, 0.1) is 24.6 Å². The summed E-state index contributed by atoms with van der Waals surface area (Å²) in [5.41, 5.74) is 2.31. The Labute approximate surface area is 126 Å². The molecule has 0 bridgehead atoms. The molecule has 0 aliphatic rings. The first-order valence-corrected chi connectivity index (χ1v) is 6.58. The van der Waals surface area contributed by atoms with Crippen LogP contribution in [0.3, 0.4) is 0 Å². The minimum absolute atomic E-state index is 0.201. The molecule has 3 aromatic rings. The number of aromatic carboxylic acids is 1. The Morgan fingerprint density at radius 3 is 2.77 bits per heavy atom. The molecule has 0 saturated heterocycles. The minimum atomic E-state index is -0.980. The van der Waals surface area contributed by atoms with Gasteiger partial charge in [-0.1, -0.05) is 23.4 Å². The first kappa shape index (κ1) is 13.8. The summed E-state index contributed by atoms with van der Waals surface area (Å²) in [6.07, 6.45) is 1.73. The van der Waals surface area contributed by atoms with E-state index in [0.717, 1.165) is 5.56 Å². The lowest BCUT2D eigenvalue weighted by atomic mass is 10.1. The fourth-order valence-electron chi connectivity index (χ4n) is 2.15. The van der Waals surface area contributed by atoms with Gasteiger partial charge >= 0.3 is 5.97 Å². The van der Waals surface area contributed by atoms with Crippen molar-refractivity contribution in [2.45, 2.75) is 0 Å². The highest BCUT2D eigenvalue weighted by atomic mass is 16.5. The summed E-state index contributed by atoms with van der Waals surface area (Å²) in [6.45, 7) is 0. The van der Waals surface area contributed by atoms with Gasteiger partial charge in [-0.05, 0) is 30.3 Å². The standard InChI is InChI=1S/C16H13N3O3/c1-22-15-8-3-2-7-13(15)14-10-19(18-17-14)12-6-4-5-11(9-12)16(20)21/h2-10H,1H3,(H,20,21). The summed E-state index contributed by atoms with van der Waals surface area (Å²) < 4.78 is 6.85. The molecule has 0 fully saturated rings. The van der Waals surface area contributed by atoms with Gasteiger partial charge in [-0.3, -0.25) is 0 Å². The van der Waals surface area contributed by atoms with Gasteiger partial charge in [0, 0.05) is 5.56 Å². The molecule has 2 aromatic carbocycles. The first-order chi connectivity index (χ1) is 10.7. The highest BCUT2D eigenvalue weighted by molar-refractivity contribution is 5.88. The molecule has 0 aliphatic carbocycles. The van der Waals surface area contributed by atoms with Crippen LogP contribution in [0.2, 0.25) is 0 Å². The lowest BCUT2D eigenvalue weighted by molar-refractivity contribution is 0.0697. The number of methoxy groups -OCH3 is 1. The molecular formula is C16H13N3O3. The van der Waals surface area contributed by atoms with Crippen LogP contribution in [0.5, 0.6) is 5.75 Å². The molecule has 1 aromatic heterocycles. The summed E-state index contributed by atoms with van der Waals surface area (Å²) >= 11 is 0. The van der Waals surface area contributed by atoms with Crippen LogP contribution in [0.15, 0.2) is 54.7 Å². The number of hydrogen-bond acceptors (Lipinski definition) is 4. The Morgan fingerprint density at radius 2 is 2.00 bits per heavy atom. The lowest BCUT2D eigenvalue weighted by Crippen LogP contribution is -2.00. The van der Waals surface area contributed by atoms with E-state index in [1.165, 1.54) is 10.7 Å². The van der Waals surface area contributed by atoms with Crippen LogP contribution in [-0.2, 0) is 0 Å². The molecule has 1 heterocycles. The fourth-order valence-corrected chi connectivity index (χ4v) is 2.15. The van der Waals surface area contributed by atoms with Crippen LogP contribution in [0.4, 0.5) is 0 Å². The van der Waals surface area contributed by atoms with Crippen molar-refractivity contribution < 1.29 is 14.6 Å². The molecule has 1 N–H and O–H groups in total. The second-order valence-electron chi connectivity index (χ2n) is 4.60. The molecule has 0 saturated carbocycles. The van der Waals surface area contributed by atoms with E-state index in [1.807, 2.05) is 24.3 Å². The third-order valence-electron chi connectivity index (χ3n) is 3.23. The van der Waals surface area contributed by atoms with E-state index in [9.17, 15) is 4.79 Å². The quantitative estimate of drug-likeness (QED) is 0.800. The van der Waals surface area contributed by atoms with E-state index < -0.39 is 5.97 Å². The van der Waals surface area contributed by atoms with E-state index in [2.05, 4.69) is 10.3 Å². The molecule has 0 radical (unpaired) electrons. The number of nitrogens with zero attached hydrogens (tertiary/aromatic N) is 3. The number of carboxylic acid groups (broad SMARTS) is 1. The number of carboxylic acids is 1. The Balaban J connectivity index is 2.01. The summed E-state index contributed by atoms with van der Waals surface area (Å²) in [4.78, 5) is 11.0. The Hall–Kier alpha value is -3.15. The highest BCUT2D eigenvalue weighted by Crippen LogP contribution is 2.28. The average Bonchev–Trinajstić information content (AvgIpc) is 3.04. The molecule has 6 nitrogen and oxygen atoms in total. The smallest absolute Gasteiger partial charge is 0.335 e. The van der Waals surface area contributed by atoms with E-state index in [4.69, 9.17) is 9.84 Å². The summed E-state index contributed by atoms with van der Waals surface area (Å²) in [7, 11) is 1.60. The summed E-state index contributed by atoms with van der Waals surface area (Å²) in [5.74, 6) is -0.277. The summed E-state index contributed by atoms with van der Waals surface area (Å²) in [5, 5.41) is 17.2. The van der Waals surface area contributed by atoms with Gasteiger partial charge in [-0.15, -0.1) is 5.10 Å². The maximum absolute atomic E-state index is 11.0. The normalized spacial score (nSPS) is 10.4. The maximum Gasteiger partial charge on any atom is 0.335 e. The first-order valence-electron chi connectivity index (χ1n) is 6.58. The summed E-state index contributed by atoms with van der Waals surface area (Å²) in [6, 6.07) is 14.0. The van der Waals surface area contributed by atoms with Gasteiger partial charge in [-0.25, -0.2) is 9.48 Å². The van der Waals surface area contributed by atoms with E-state index >= 15 is 0 Å². The zero-order valence-electron chi connectivity index (χ0n) is 11.8. The zero-order valence-corrected chi connectivity index (χ0v) is 11.8. The zero-order chi connectivity index (χ0) is 15.5. The van der Waals surface area contributed by atoms with Crippen molar-refractivity contribution >= 4 is 5.97 Å². The van der Waals surface area contributed by atoms with Gasteiger partial charge in [0.25, 0.3) is 0 Å². The number of benzene rings is 2. The minimum Gasteiger partial charge on any atom is -0.496 e. The highest BCUT2D eigenvalue weighted by Gasteiger charge is 2.11. The molecule has 0 unspecified atom stereocenters. The molecule has 6 heteroatoms. The predicted octanol–water partition coefficient (Wildman–Crippen LogP) is 2.64. The van der Waals surface area contributed by atoms with Crippen LogP contribution in [0.25, 0.3) is 16.9 Å². The number of carbonyl (C=O) groups is 1. The molecule has 0 amide bonds. The number of aromatic nitrogens is 3. The number of hydrogen-bond donors (Lipinski definition) is 1. The SMILES string of the molecule is COc1ccccc1-c1cn(-c2cccc(C(=O)O)c2)nn1. The Morgan fingerprint density at radius 1 is 1.18 bits per heavy atom. The fraction of sp³-hybridized carbons (Fsp3) is 0.0625. The van der Waals surface area contributed by atoms with Gasteiger partial charge in [0.15, 0.2) is 0 Å². The van der Waals surface area contributed by atoms with Crippen molar-refractivity contribution in [3.05, 3.63) is 60.3 Å². The van der Waals surface area contributed by atoms with Crippen molar-refractivity contribution in [2.75, 3.05) is 7.11 Å². The topological polar surface area (TPSA) is 77.2 Å². The number of para-hydroxylation sites is 1. The van der Waals surface area contributed by atoms with Crippen LogP contribution < -0.4 is 4.74 Å². The Bertz CT molecular complexity index is 827. The van der Waals surface area contributed by atoms with Gasteiger partial charge in [0.1, 0.15) is 11.4 Å². The second-order valence-corrected chi connectivity index (χ2v) is 4.60. The van der Waals surface area contributed by atoms with Crippen LogP contribution in [0.1, 0.15) is 10.4 Å². The third kappa shape index (κ3) is 2.54. The lowest BCUT2D eigenvalue weighted by Gasteiger charge is -2.04. The molecular weight excluding hydrogens is 282 g/mol. The largest absolute Gasteiger partial charge is 0.496 e. The molecule has 22 heavy (non-hydrogen) atoms. The molecule has 0 aliphatic heterocycles. The molecule has 0 spiro atoms. The Kier molecular flexibility index (Phi) is 3.57. The van der Waals surface area contributed by atoms with E-state index in [-0.39, 0.29) is 5.56 Å². The second kappa shape index (κ2) is 5.69. The van der Waals surface area contributed by atoms with Gasteiger partial charge < -0.3 is 9.84 Å². The maximum atomic E-state index is 11.0. The van der Waals surface area contributed by atoms with Crippen molar-refractivity contribution in [1.82, 2.24) is 15.0 Å². The predicted molar refractivity (Wildman–Crippen MR) is 80.3 cm³/mol. The number of ether oxygens (including phenoxy) is 1. The van der Waals surface area contributed by atoms with Crippen molar-refractivity contribution in [3.63, 3.8) is 0 Å². The number of rotatable bonds is 4. The monoisotopic (exact) mass is 295 g/mol. The molecule has 110 valence electrons. The average molecular weight is 295 g/mol. The van der Waals surface area contributed by atoms with E-state index in [0.29, 0.717) is 17.1 Å². The van der Waals surface area contributed by atoms with Crippen molar-refractivity contribution in [3.8, 4) is 22.7 Å². The van der Waals surface area contributed by atoms with Crippen LogP contribution in [0, 0.1) is 0 Å². The molecule has 3 rings (SSSR count). The van der Waals surface area contributed by atoms with Gasteiger partial charge in [-0.2, -0.15) is 0 Å². The van der Waals surface area contributed by atoms with Gasteiger partial charge in [0.2, 0.25) is 0 Å².